The van der Waals surface area contributed by atoms with Crippen LogP contribution in [0.25, 0.3) is 11.0 Å². The van der Waals surface area contributed by atoms with Crippen molar-refractivity contribution in [3.8, 4) is 0 Å². The van der Waals surface area contributed by atoms with Crippen LogP contribution in [0.3, 0.4) is 0 Å². The molecule has 4 heterocycles. The van der Waals surface area contributed by atoms with Gasteiger partial charge in [0.25, 0.3) is 0 Å². The lowest BCUT2D eigenvalue weighted by molar-refractivity contribution is 0.0849. The van der Waals surface area contributed by atoms with E-state index in [0.29, 0.717) is 12.8 Å². The highest BCUT2D eigenvalue weighted by Crippen LogP contribution is 2.34. The van der Waals surface area contributed by atoms with E-state index >= 15 is 0 Å². The Balaban J connectivity index is 1.43. The lowest BCUT2D eigenvalue weighted by Gasteiger charge is -2.28. The third-order valence-electron chi connectivity index (χ3n) is 7.33. The van der Waals surface area contributed by atoms with E-state index in [1.54, 1.807) is 0 Å². The van der Waals surface area contributed by atoms with Crippen LogP contribution >= 0.6 is 0 Å². The van der Waals surface area contributed by atoms with Gasteiger partial charge in [0.1, 0.15) is 12.6 Å². The minimum atomic E-state index is -1.13. The molecule has 33 heavy (non-hydrogen) atoms. The summed E-state index contributed by atoms with van der Waals surface area (Å²) in [5.74, 6) is 1.09. The number of piperazine rings is 1. The van der Waals surface area contributed by atoms with Gasteiger partial charge in [0, 0.05) is 46.5 Å². The number of hydrogen-bond donors (Lipinski definition) is 1. The second kappa shape index (κ2) is 9.01. The molecule has 5 rings (SSSR count). The van der Waals surface area contributed by atoms with E-state index < -0.39 is 8.07 Å². The number of rotatable bonds is 7. The summed E-state index contributed by atoms with van der Waals surface area (Å²) in [5, 5.41) is 3.41. The molecule has 1 aromatic heterocycles. The van der Waals surface area contributed by atoms with Gasteiger partial charge in [-0.05, 0) is 50.7 Å². The average molecular weight is 471 g/mol. The molecule has 1 unspecified atom stereocenters. The number of aromatic nitrogens is 2. The third-order valence-corrected chi connectivity index (χ3v) is 9.03. The molecule has 3 fully saturated rings. The van der Waals surface area contributed by atoms with Crippen LogP contribution in [0.4, 0.5) is 10.5 Å². The van der Waals surface area contributed by atoms with Gasteiger partial charge < -0.3 is 19.5 Å². The van der Waals surface area contributed by atoms with Crippen molar-refractivity contribution in [1.82, 2.24) is 24.7 Å². The normalized spacial score (nSPS) is 24.3. The van der Waals surface area contributed by atoms with E-state index in [4.69, 9.17) is 9.72 Å². The SMILES string of the molecule is CN1CCCC1c1nc2cc(N3C[C@@H]4CNCCN4C3=O)ccc2n1COCC[Si](C)(C)C. The zero-order valence-electron chi connectivity index (χ0n) is 20.5. The number of carbonyl (C=O) groups is 1. The maximum Gasteiger partial charge on any atom is 0.324 e. The summed E-state index contributed by atoms with van der Waals surface area (Å²) in [6, 6.07) is 8.14. The number of fused-ring (bicyclic) bond motifs is 2. The molecule has 3 saturated heterocycles. The Labute approximate surface area is 197 Å². The third kappa shape index (κ3) is 4.56. The summed E-state index contributed by atoms with van der Waals surface area (Å²) < 4.78 is 8.43. The fraction of sp³-hybridized carbons (Fsp3) is 0.667. The molecule has 9 heteroatoms. The van der Waals surface area contributed by atoms with Crippen LogP contribution in [0, 0.1) is 0 Å². The number of nitrogens with one attached hydrogen (secondary N) is 1. The maximum absolute atomic E-state index is 13.0. The second-order valence-electron chi connectivity index (χ2n) is 11.0. The van der Waals surface area contributed by atoms with Crippen LogP contribution in [-0.2, 0) is 11.5 Å². The molecule has 8 nitrogen and oxygen atoms in total. The van der Waals surface area contributed by atoms with Crippen molar-refractivity contribution in [2.24, 2.45) is 0 Å². The summed E-state index contributed by atoms with van der Waals surface area (Å²) >= 11 is 0. The summed E-state index contributed by atoms with van der Waals surface area (Å²) in [5.41, 5.74) is 2.98. The number of anilines is 1. The lowest BCUT2D eigenvalue weighted by Crippen LogP contribution is -2.49. The molecule has 1 N–H and O–H groups in total. The second-order valence-corrected chi connectivity index (χ2v) is 16.6. The fourth-order valence-electron chi connectivity index (χ4n) is 5.30. The fourth-order valence-corrected chi connectivity index (χ4v) is 6.06. The first-order valence-electron chi connectivity index (χ1n) is 12.4. The van der Waals surface area contributed by atoms with Crippen molar-refractivity contribution in [1.29, 1.82) is 0 Å². The minimum absolute atomic E-state index is 0.116. The van der Waals surface area contributed by atoms with Crippen LogP contribution in [0.1, 0.15) is 24.7 Å². The van der Waals surface area contributed by atoms with Gasteiger partial charge in [0.2, 0.25) is 0 Å². The Morgan fingerprint density at radius 3 is 2.82 bits per heavy atom. The number of carbonyl (C=O) groups excluding carboxylic acids is 1. The van der Waals surface area contributed by atoms with Crippen molar-refractivity contribution < 1.29 is 9.53 Å². The van der Waals surface area contributed by atoms with Crippen LogP contribution in [0.5, 0.6) is 0 Å². The standard InChI is InChI=1S/C24H38N6O2Si/c1-27-10-5-6-22(27)23-26-20-14-18(29-16-19-15-25-9-11-28(19)24(29)31)7-8-21(20)30(23)17-32-12-13-33(2,3)4/h7-8,14,19,22,25H,5-6,9-13,15-17H2,1-4H3/t19-,22?/m0/s1. The van der Waals surface area contributed by atoms with Gasteiger partial charge in [0.15, 0.2) is 0 Å². The Bertz CT molecular complexity index is 1020. The lowest BCUT2D eigenvalue weighted by atomic mass is 10.2. The Morgan fingerprint density at radius 1 is 1.24 bits per heavy atom. The van der Waals surface area contributed by atoms with Gasteiger partial charge in [0.05, 0.1) is 23.1 Å². The molecule has 2 amide bonds. The monoisotopic (exact) mass is 470 g/mol. The van der Waals surface area contributed by atoms with Crippen LogP contribution in [0.2, 0.25) is 25.7 Å². The van der Waals surface area contributed by atoms with E-state index in [2.05, 4.69) is 59.7 Å². The van der Waals surface area contributed by atoms with Gasteiger partial charge >= 0.3 is 6.03 Å². The van der Waals surface area contributed by atoms with E-state index in [0.717, 1.165) is 74.3 Å². The smallest absolute Gasteiger partial charge is 0.324 e. The van der Waals surface area contributed by atoms with E-state index in [9.17, 15) is 4.79 Å². The molecule has 1 aromatic carbocycles. The average Bonchev–Trinajstić information content (AvgIpc) is 3.45. The first-order chi connectivity index (χ1) is 15.8. The first kappa shape index (κ1) is 22.8. The predicted molar refractivity (Wildman–Crippen MR) is 135 cm³/mol. The quantitative estimate of drug-likeness (QED) is 0.497. The van der Waals surface area contributed by atoms with Crippen molar-refractivity contribution in [3.05, 3.63) is 24.0 Å². The number of ether oxygens (including phenoxy) is 1. The summed E-state index contributed by atoms with van der Waals surface area (Å²) in [6.07, 6.45) is 2.31. The summed E-state index contributed by atoms with van der Waals surface area (Å²) in [6.45, 7) is 12.8. The topological polar surface area (TPSA) is 65.9 Å². The number of urea groups is 1. The van der Waals surface area contributed by atoms with Crippen LogP contribution < -0.4 is 10.2 Å². The zero-order valence-corrected chi connectivity index (χ0v) is 21.5. The van der Waals surface area contributed by atoms with E-state index in [1.807, 2.05) is 9.80 Å². The number of benzene rings is 1. The molecule has 180 valence electrons. The van der Waals surface area contributed by atoms with Crippen molar-refractivity contribution >= 4 is 30.8 Å². The number of hydrogen-bond acceptors (Lipinski definition) is 5. The molecular formula is C24H38N6O2Si. The number of likely N-dealkylation sites (tertiary alicyclic amines) is 1. The largest absolute Gasteiger partial charge is 0.361 e. The Hall–Kier alpha value is -1.94. The number of nitrogens with zero attached hydrogens (tertiary/aromatic N) is 5. The molecular weight excluding hydrogens is 432 g/mol. The Kier molecular flexibility index (Phi) is 6.24. The molecule has 0 radical (unpaired) electrons. The molecule has 3 aliphatic heterocycles. The highest BCUT2D eigenvalue weighted by atomic mass is 28.3. The Morgan fingerprint density at radius 2 is 2.09 bits per heavy atom. The molecule has 2 aromatic rings. The van der Waals surface area contributed by atoms with E-state index in [1.165, 1.54) is 6.42 Å². The highest BCUT2D eigenvalue weighted by molar-refractivity contribution is 6.76. The summed E-state index contributed by atoms with van der Waals surface area (Å²) in [4.78, 5) is 24.5. The highest BCUT2D eigenvalue weighted by Gasteiger charge is 2.39. The minimum Gasteiger partial charge on any atom is -0.361 e. The van der Waals surface area contributed by atoms with Crippen LogP contribution in [0.15, 0.2) is 18.2 Å². The van der Waals surface area contributed by atoms with Crippen LogP contribution in [-0.4, -0.2) is 85.9 Å². The summed E-state index contributed by atoms with van der Waals surface area (Å²) in [7, 11) is 1.06. The van der Waals surface area contributed by atoms with E-state index in [-0.39, 0.29) is 12.1 Å². The molecule has 0 bridgehead atoms. The van der Waals surface area contributed by atoms with Gasteiger partial charge in [-0.15, -0.1) is 0 Å². The van der Waals surface area contributed by atoms with Gasteiger partial charge in [-0.1, -0.05) is 19.6 Å². The number of imidazole rings is 1. The zero-order chi connectivity index (χ0) is 23.2. The first-order valence-corrected chi connectivity index (χ1v) is 16.1. The predicted octanol–water partition coefficient (Wildman–Crippen LogP) is 3.33. The van der Waals surface area contributed by atoms with Gasteiger partial charge in [-0.2, -0.15) is 0 Å². The van der Waals surface area contributed by atoms with Gasteiger partial charge in [-0.25, -0.2) is 9.78 Å². The van der Waals surface area contributed by atoms with Crippen molar-refractivity contribution in [2.75, 3.05) is 51.3 Å². The number of amides is 2. The van der Waals surface area contributed by atoms with Gasteiger partial charge in [-0.3, -0.25) is 9.80 Å². The van der Waals surface area contributed by atoms with Crippen molar-refractivity contribution in [3.63, 3.8) is 0 Å². The van der Waals surface area contributed by atoms with Crippen molar-refractivity contribution in [2.45, 2.75) is 57.3 Å². The molecule has 0 spiro atoms. The molecule has 0 aliphatic carbocycles. The maximum atomic E-state index is 13.0. The molecule has 3 aliphatic rings. The molecule has 0 saturated carbocycles. The molecule has 2 atom stereocenters.